The van der Waals surface area contributed by atoms with E-state index in [0.29, 0.717) is 18.1 Å². The molecule has 10 heavy (non-hydrogen) atoms. The Hall–Kier alpha value is -0.480. The van der Waals surface area contributed by atoms with Crippen LogP contribution in [0.4, 0.5) is 0 Å². The SMILES string of the molecule is C#CC1C[C@@H](C)O[C@@H](C)C1. The molecule has 1 aliphatic heterocycles. The fourth-order valence-corrected chi connectivity index (χ4v) is 1.54. The van der Waals surface area contributed by atoms with Crippen molar-refractivity contribution in [2.75, 3.05) is 0 Å². The van der Waals surface area contributed by atoms with E-state index in [2.05, 4.69) is 19.8 Å². The van der Waals surface area contributed by atoms with Crippen molar-refractivity contribution >= 4 is 0 Å². The first-order valence-electron chi connectivity index (χ1n) is 3.84. The molecule has 1 rings (SSSR count). The maximum absolute atomic E-state index is 5.52. The van der Waals surface area contributed by atoms with Gasteiger partial charge in [-0.3, -0.25) is 0 Å². The average Bonchev–Trinajstić information content (AvgIpc) is 1.85. The van der Waals surface area contributed by atoms with Gasteiger partial charge in [0.05, 0.1) is 12.2 Å². The van der Waals surface area contributed by atoms with Crippen LogP contribution in [0.3, 0.4) is 0 Å². The van der Waals surface area contributed by atoms with E-state index in [0.717, 1.165) is 12.8 Å². The Morgan fingerprint density at radius 3 is 2.20 bits per heavy atom. The van der Waals surface area contributed by atoms with E-state index in [-0.39, 0.29) is 0 Å². The van der Waals surface area contributed by atoms with E-state index < -0.39 is 0 Å². The summed E-state index contributed by atoms with van der Waals surface area (Å²) in [5.41, 5.74) is 0. The number of rotatable bonds is 0. The van der Waals surface area contributed by atoms with Crippen LogP contribution in [0.15, 0.2) is 0 Å². The van der Waals surface area contributed by atoms with Crippen LogP contribution in [0.1, 0.15) is 26.7 Å². The Labute approximate surface area is 62.8 Å². The van der Waals surface area contributed by atoms with Crippen LogP contribution in [0, 0.1) is 18.3 Å². The molecule has 1 fully saturated rings. The average molecular weight is 138 g/mol. The van der Waals surface area contributed by atoms with Crippen LogP contribution >= 0.6 is 0 Å². The molecule has 1 heterocycles. The molecular weight excluding hydrogens is 124 g/mol. The van der Waals surface area contributed by atoms with Crippen molar-refractivity contribution in [1.29, 1.82) is 0 Å². The Morgan fingerprint density at radius 2 is 1.80 bits per heavy atom. The van der Waals surface area contributed by atoms with Gasteiger partial charge in [-0.1, -0.05) is 0 Å². The van der Waals surface area contributed by atoms with E-state index in [1.165, 1.54) is 0 Å². The number of terminal acetylenes is 1. The third kappa shape index (κ3) is 1.75. The molecule has 1 nitrogen and oxygen atoms in total. The molecular formula is C9H14O. The predicted molar refractivity (Wildman–Crippen MR) is 41.6 cm³/mol. The highest BCUT2D eigenvalue weighted by atomic mass is 16.5. The molecule has 0 aromatic carbocycles. The lowest BCUT2D eigenvalue weighted by Crippen LogP contribution is -2.28. The molecule has 0 aromatic heterocycles. The minimum absolute atomic E-state index is 0.352. The summed E-state index contributed by atoms with van der Waals surface area (Å²) in [4.78, 5) is 0. The Balaban J connectivity index is 2.44. The van der Waals surface area contributed by atoms with Gasteiger partial charge in [-0.15, -0.1) is 12.3 Å². The molecule has 1 unspecified atom stereocenters. The van der Waals surface area contributed by atoms with Crippen molar-refractivity contribution in [1.82, 2.24) is 0 Å². The van der Waals surface area contributed by atoms with Gasteiger partial charge in [0.25, 0.3) is 0 Å². The predicted octanol–water partition coefficient (Wildman–Crippen LogP) is 1.82. The Kier molecular flexibility index (Phi) is 2.34. The quantitative estimate of drug-likeness (QED) is 0.464. The highest BCUT2D eigenvalue weighted by molar-refractivity contribution is 4.96. The molecule has 0 aliphatic carbocycles. The number of hydrogen-bond donors (Lipinski definition) is 0. The molecule has 56 valence electrons. The van der Waals surface area contributed by atoms with Crippen molar-refractivity contribution in [3.05, 3.63) is 0 Å². The van der Waals surface area contributed by atoms with Crippen molar-refractivity contribution in [2.45, 2.75) is 38.9 Å². The maximum atomic E-state index is 5.52. The molecule has 0 N–H and O–H groups in total. The largest absolute Gasteiger partial charge is 0.375 e. The lowest BCUT2D eigenvalue weighted by Gasteiger charge is -2.29. The normalized spacial score (nSPS) is 40.7. The van der Waals surface area contributed by atoms with Crippen molar-refractivity contribution < 1.29 is 4.74 Å². The van der Waals surface area contributed by atoms with Gasteiger partial charge in [0.1, 0.15) is 0 Å². The van der Waals surface area contributed by atoms with E-state index in [9.17, 15) is 0 Å². The molecule has 1 heteroatoms. The molecule has 0 spiro atoms. The number of ether oxygens (including phenoxy) is 1. The van der Waals surface area contributed by atoms with Crippen molar-refractivity contribution in [3.63, 3.8) is 0 Å². The zero-order chi connectivity index (χ0) is 7.56. The van der Waals surface area contributed by atoms with Crippen LogP contribution in [-0.2, 0) is 4.74 Å². The second-order valence-electron chi connectivity index (χ2n) is 3.09. The van der Waals surface area contributed by atoms with Gasteiger partial charge >= 0.3 is 0 Å². The van der Waals surface area contributed by atoms with Crippen LogP contribution in [-0.4, -0.2) is 12.2 Å². The van der Waals surface area contributed by atoms with Gasteiger partial charge in [-0.25, -0.2) is 0 Å². The highest BCUT2D eigenvalue weighted by Crippen LogP contribution is 2.23. The first kappa shape index (κ1) is 7.63. The Morgan fingerprint density at radius 1 is 1.30 bits per heavy atom. The maximum Gasteiger partial charge on any atom is 0.0562 e. The van der Waals surface area contributed by atoms with E-state index in [1.54, 1.807) is 0 Å². The number of hydrogen-bond acceptors (Lipinski definition) is 1. The summed E-state index contributed by atoms with van der Waals surface area (Å²) in [5.74, 6) is 3.23. The summed E-state index contributed by atoms with van der Waals surface area (Å²) in [5, 5.41) is 0. The molecule has 0 bridgehead atoms. The minimum atomic E-state index is 0.352. The highest BCUT2D eigenvalue weighted by Gasteiger charge is 2.22. The Bertz CT molecular complexity index is 135. The summed E-state index contributed by atoms with van der Waals surface area (Å²) in [6.45, 7) is 4.17. The van der Waals surface area contributed by atoms with Crippen LogP contribution in [0.25, 0.3) is 0 Å². The third-order valence-corrected chi connectivity index (χ3v) is 1.93. The lowest BCUT2D eigenvalue weighted by atomic mass is 9.94. The lowest BCUT2D eigenvalue weighted by molar-refractivity contribution is -0.0419. The topological polar surface area (TPSA) is 9.23 Å². The summed E-state index contributed by atoms with van der Waals surface area (Å²) in [6, 6.07) is 0. The van der Waals surface area contributed by atoms with Gasteiger partial charge in [0.2, 0.25) is 0 Å². The summed E-state index contributed by atoms with van der Waals surface area (Å²) < 4.78 is 5.52. The van der Waals surface area contributed by atoms with Crippen LogP contribution in [0.5, 0.6) is 0 Å². The van der Waals surface area contributed by atoms with Crippen molar-refractivity contribution in [3.8, 4) is 12.3 Å². The van der Waals surface area contributed by atoms with E-state index in [4.69, 9.17) is 11.2 Å². The van der Waals surface area contributed by atoms with Gasteiger partial charge in [0.15, 0.2) is 0 Å². The van der Waals surface area contributed by atoms with Crippen molar-refractivity contribution in [2.24, 2.45) is 5.92 Å². The summed E-state index contributed by atoms with van der Waals surface area (Å²) in [6.07, 6.45) is 8.08. The molecule has 3 atom stereocenters. The van der Waals surface area contributed by atoms with Crippen LogP contribution < -0.4 is 0 Å². The molecule has 0 radical (unpaired) electrons. The fraction of sp³-hybridized carbons (Fsp3) is 0.778. The van der Waals surface area contributed by atoms with Gasteiger partial charge in [0, 0.05) is 5.92 Å². The minimum Gasteiger partial charge on any atom is -0.375 e. The standard InChI is InChI=1S/C9H14O/c1-4-9-5-7(2)10-8(3)6-9/h1,7-9H,5-6H2,2-3H3/t7-,8+,9?. The smallest absolute Gasteiger partial charge is 0.0562 e. The summed E-state index contributed by atoms with van der Waals surface area (Å²) in [7, 11) is 0. The zero-order valence-corrected chi connectivity index (χ0v) is 6.63. The summed E-state index contributed by atoms with van der Waals surface area (Å²) >= 11 is 0. The van der Waals surface area contributed by atoms with Gasteiger partial charge < -0.3 is 4.74 Å². The van der Waals surface area contributed by atoms with E-state index >= 15 is 0 Å². The molecule has 0 amide bonds. The second kappa shape index (κ2) is 3.07. The molecule has 0 saturated carbocycles. The molecule has 0 aromatic rings. The first-order chi connectivity index (χ1) is 4.72. The zero-order valence-electron chi connectivity index (χ0n) is 6.63. The van der Waals surface area contributed by atoms with Gasteiger partial charge in [-0.05, 0) is 26.7 Å². The van der Waals surface area contributed by atoms with E-state index in [1.807, 2.05) is 0 Å². The van der Waals surface area contributed by atoms with Gasteiger partial charge in [-0.2, -0.15) is 0 Å². The first-order valence-corrected chi connectivity index (χ1v) is 3.84. The second-order valence-corrected chi connectivity index (χ2v) is 3.09. The molecule has 1 aliphatic rings. The monoisotopic (exact) mass is 138 g/mol. The van der Waals surface area contributed by atoms with Crippen LogP contribution in [0.2, 0.25) is 0 Å². The molecule has 1 saturated heterocycles. The fourth-order valence-electron chi connectivity index (χ4n) is 1.54. The third-order valence-electron chi connectivity index (χ3n) is 1.93.